The van der Waals surface area contributed by atoms with Crippen molar-refractivity contribution in [3.05, 3.63) is 0 Å². The highest BCUT2D eigenvalue weighted by Gasteiger charge is 2.61. The maximum absolute atomic E-state index is 12.4. The standard InChI is InChI=1S/C22H43N5O12.C21H39N7O12/c1-22(35)6-36-20(15(33)18(22)26-2)39-17-8(27-19(34)9(28)4-23)3-7(25)16(14(17)32)38-21-13(31)12(30)11(29)10(5-24)37-21;1-5-21(36,4-30)16(40-17-9(26-2)13(34)10(31)6(3-29)38-17)18(37-5)39-15-8(28-20(24)25)11(32)7(27-19(22)23)12(33)14(15)35/h7-18,20-21,26,28-33,35H,3-6,23-25H2,1-2H3,(H,27,34);4-18,26,29,31-36H,3H2,1-2H3,(H4,22,23,27)(H4,24,25,28)/t7-,8+,9?,10+,11+,12-,13+,14-,15+,16+,17-,18+,20+,21+,22-;5-,6-,7+,8-,9-,10-,11+,12-,13-,14+,15+,16-,17-,18-,21+/m00/s1. The molecule has 31 N–H and O–H groups in total. The van der Waals surface area contributed by atoms with Gasteiger partial charge in [-0.1, -0.05) is 0 Å². The number of aliphatic hydroxyl groups excluding tert-OH is 12. The summed E-state index contributed by atoms with van der Waals surface area (Å²) in [5.74, 6) is -2.02. The number of ether oxygens (including phenoxy) is 8. The average Bonchev–Trinajstić information content (AvgIpc) is 3.81. The van der Waals surface area contributed by atoms with Crippen molar-refractivity contribution in [2.24, 2.45) is 39.4 Å². The zero-order valence-corrected chi connectivity index (χ0v) is 43.5. The van der Waals surface area contributed by atoms with Gasteiger partial charge in [-0.15, -0.1) is 0 Å². The molecule has 0 bridgehead atoms. The lowest BCUT2D eigenvalue weighted by molar-refractivity contribution is -0.330. The number of nitrogens with zero attached hydrogens (tertiary/aromatic N) is 1. The molecule has 36 heteroatoms. The number of aliphatic hydroxyl groups is 14. The number of nitrogens with two attached hydrogens (primary N) is 6. The fourth-order valence-corrected chi connectivity index (χ4v) is 10.4. The van der Waals surface area contributed by atoms with Gasteiger partial charge in [0.05, 0.1) is 43.5 Å². The summed E-state index contributed by atoms with van der Waals surface area (Å²) in [6.07, 6.45) is -33.6. The Morgan fingerprint density at radius 2 is 1.34 bits per heavy atom. The van der Waals surface area contributed by atoms with E-state index in [4.69, 9.17) is 77.7 Å². The summed E-state index contributed by atoms with van der Waals surface area (Å²) in [4.78, 5) is 28.2. The maximum Gasteiger partial charge on any atom is 0.250 e. The number of carbonyl (C=O) groups is 2. The van der Waals surface area contributed by atoms with Crippen LogP contribution in [0.1, 0.15) is 20.3 Å². The number of amides is 1. The third-order valence-electron chi connectivity index (χ3n) is 14.9. The summed E-state index contributed by atoms with van der Waals surface area (Å²) in [7, 11) is 2.94. The number of guanidine groups is 2. The van der Waals surface area contributed by atoms with Gasteiger partial charge in [0.25, 0.3) is 0 Å². The number of hydrogen-bond acceptors (Lipinski definition) is 31. The van der Waals surface area contributed by atoms with Gasteiger partial charge >= 0.3 is 0 Å². The van der Waals surface area contributed by atoms with Crippen LogP contribution in [0.4, 0.5) is 0 Å². The lowest BCUT2D eigenvalue weighted by atomic mass is 9.81. The van der Waals surface area contributed by atoms with Crippen LogP contribution in [0.3, 0.4) is 0 Å². The van der Waals surface area contributed by atoms with Crippen molar-refractivity contribution in [1.29, 1.82) is 5.41 Å². The predicted octanol–water partition coefficient (Wildman–Crippen LogP) is -15.5. The van der Waals surface area contributed by atoms with E-state index in [9.17, 15) is 81.1 Å². The first-order chi connectivity index (χ1) is 37.0. The molecule has 79 heavy (non-hydrogen) atoms. The predicted molar refractivity (Wildman–Crippen MR) is 262 cm³/mol. The fourth-order valence-electron chi connectivity index (χ4n) is 10.4. The van der Waals surface area contributed by atoms with Crippen LogP contribution in [-0.4, -0.2) is 318 Å². The van der Waals surface area contributed by atoms with Crippen LogP contribution < -0.4 is 55.7 Å². The van der Waals surface area contributed by atoms with E-state index in [1.807, 2.05) is 0 Å². The van der Waals surface area contributed by atoms with Gasteiger partial charge in [0.15, 0.2) is 49.0 Å². The van der Waals surface area contributed by atoms with E-state index in [1.54, 1.807) is 0 Å². The first kappa shape index (κ1) is 66.4. The maximum atomic E-state index is 12.4. The molecule has 2 saturated carbocycles. The first-order valence-electron chi connectivity index (χ1n) is 25.2. The van der Waals surface area contributed by atoms with Gasteiger partial charge in [0, 0.05) is 19.1 Å². The number of nitrogens with one attached hydrogen (secondary N) is 5. The molecule has 36 nitrogen and oxygen atoms in total. The molecule has 4 saturated heterocycles. The molecule has 1 amide bonds. The number of aldehydes is 1. The summed E-state index contributed by atoms with van der Waals surface area (Å²) in [6, 6.07) is -6.93. The highest BCUT2D eigenvalue weighted by Crippen LogP contribution is 2.39. The van der Waals surface area contributed by atoms with Gasteiger partial charge < -0.3 is 165 Å². The van der Waals surface area contributed by atoms with Crippen molar-refractivity contribution >= 4 is 24.1 Å². The molecule has 6 rings (SSSR count). The molecule has 0 spiro atoms. The summed E-state index contributed by atoms with van der Waals surface area (Å²) in [6.45, 7) is 1.25. The van der Waals surface area contributed by atoms with Crippen LogP contribution in [0, 0.1) is 5.41 Å². The summed E-state index contributed by atoms with van der Waals surface area (Å²) < 4.78 is 45.7. The third kappa shape index (κ3) is 14.3. The molecular weight excluding hydrogens is 1070 g/mol. The van der Waals surface area contributed by atoms with Crippen molar-refractivity contribution < 1.29 is 119 Å². The normalized spacial score (nSPS) is 47.7. The van der Waals surface area contributed by atoms with Crippen molar-refractivity contribution in [3.63, 3.8) is 0 Å². The fraction of sp³-hybridized carbons (Fsp3) is 0.907. The Kier molecular flexibility index (Phi) is 23.4. The lowest BCUT2D eigenvalue weighted by Gasteiger charge is -2.49. The molecule has 4 heterocycles. The second-order valence-electron chi connectivity index (χ2n) is 20.4. The number of carbonyl (C=O) groups excluding carboxylic acids is 2. The molecule has 458 valence electrons. The van der Waals surface area contributed by atoms with Crippen LogP contribution in [-0.2, 0) is 47.5 Å². The zero-order valence-electron chi connectivity index (χ0n) is 43.5. The second kappa shape index (κ2) is 27.8. The van der Waals surface area contributed by atoms with Crippen molar-refractivity contribution in [1.82, 2.24) is 21.3 Å². The van der Waals surface area contributed by atoms with Crippen molar-refractivity contribution in [3.8, 4) is 0 Å². The molecule has 1 unspecified atom stereocenters. The van der Waals surface area contributed by atoms with Gasteiger partial charge in [-0.2, -0.15) is 0 Å². The van der Waals surface area contributed by atoms with E-state index in [1.165, 1.54) is 27.9 Å². The molecule has 0 aromatic rings. The molecule has 6 aliphatic rings. The Labute approximate surface area is 451 Å². The molecular formula is C43H82N12O24. The topological polar surface area (TPSA) is 632 Å². The Morgan fingerprint density at radius 3 is 1.90 bits per heavy atom. The zero-order chi connectivity index (χ0) is 59.3. The van der Waals surface area contributed by atoms with Crippen LogP contribution in [0.15, 0.2) is 4.99 Å². The molecule has 0 aromatic heterocycles. The Balaban J connectivity index is 0.000000291. The first-order valence-corrected chi connectivity index (χ1v) is 25.2. The number of likely N-dealkylation sites (N-methyl/N-ethyl adjacent to an activating group) is 2. The minimum atomic E-state index is -2.39. The Morgan fingerprint density at radius 1 is 0.734 bits per heavy atom. The number of aliphatic imine (C=N–C) groups is 1. The summed E-state index contributed by atoms with van der Waals surface area (Å²) in [5.41, 5.74) is 29.6. The van der Waals surface area contributed by atoms with Crippen molar-refractivity contribution in [2.75, 3.05) is 40.4 Å². The van der Waals surface area contributed by atoms with Crippen LogP contribution in [0.5, 0.6) is 0 Å². The van der Waals surface area contributed by atoms with E-state index in [0.717, 1.165) is 0 Å². The van der Waals surface area contributed by atoms with Gasteiger partial charge in [-0.3, -0.25) is 15.0 Å². The molecule has 4 aliphatic heterocycles. The highest BCUT2D eigenvalue weighted by atomic mass is 16.8. The summed E-state index contributed by atoms with van der Waals surface area (Å²) >= 11 is 0. The average molecular weight is 1150 g/mol. The van der Waals surface area contributed by atoms with Gasteiger partial charge in [-0.05, 0) is 34.4 Å². The van der Waals surface area contributed by atoms with E-state index in [-0.39, 0.29) is 32.4 Å². The molecule has 6 fully saturated rings. The van der Waals surface area contributed by atoms with Crippen LogP contribution in [0.25, 0.3) is 0 Å². The lowest BCUT2D eigenvalue weighted by Crippen LogP contribution is -2.70. The smallest absolute Gasteiger partial charge is 0.250 e. The van der Waals surface area contributed by atoms with Crippen LogP contribution in [0.2, 0.25) is 0 Å². The van der Waals surface area contributed by atoms with Gasteiger partial charge in [0.2, 0.25) is 5.91 Å². The van der Waals surface area contributed by atoms with Gasteiger partial charge in [0.1, 0.15) is 115 Å². The molecule has 0 radical (unpaired) electrons. The minimum absolute atomic E-state index is 0.0836. The van der Waals surface area contributed by atoms with E-state index in [0.29, 0.717) is 0 Å². The largest absolute Gasteiger partial charge is 0.394 e. The number of rotatable bonds is 18. The Hall–Kier alpha value is -3.40. The van der Waals surface area contributed by atoms with Gasteiger partial charge in [-0.25, -0.2) is 4.99 Å². The SMILES string of the molecule is CN[C@@H]1[C@@H](O)[C@@H](O[C@@H]2[C@@H](O)[C@H](O[C@H]3O[C@H](CN)[C@@H](O)[C@H](O)[C@H]3O)[C@@H](N)C[C@H]2NC(=O)C(O)CN)OC[C@]1(C)O.CN[C@@H]1[C@H](O[C@H]2[C@H](O[C@H]3[C@H](O)[C@@H](O)[C@H](N=C(N)N)[C@@H](O)[C@@H]3NC(=N)N)O[C@@H](C)[C@]2(O)C=O)O[C@@H](CO)[C@H](O)[C@H]1O. The van der Waals surface area contributed by atoms with E-state index < -0.39 is 207 Å². The third-order valence-corrected chi connectivity index (χ3v) is 14.9. The minimum Gasteiger partial charge on any atom is -0.394 e. The second-order valence-corrected chi connectivity index (χ2v) is 20.4. The number of hydrogen-bond donors (Lipinski definition) is 25. The molecule has 0 aromatic carbocycles. The highest BCUT2D eigenvalue weighted by molar-refractivity contribution is 5.81. The Bertz CT molecular complexity index is 2010. The van der Waals surface area contributed by atoms with E-state index >= 15 is 0 Å². The molecule has 2 aliphatic carbocycles. The summed E-state index contributed by atoms with van der Waals surface area (Å²) in [5, 5.41) is 165. The van der Waals surface area contributed by atoms with Crippen molar-refractivity contribution in [2.45, 2.75) is 203 Å². The van der Waals surface area contributed by atoms with Crippen LogP contribution >= 0.6 is 0 Å². The quantitative estimate of drug-likeness (QED) is 0.0344. The molecule has 30 atom stereocenters. The monoisotopic (exact) mass is 1150 g/mol. The van der Waals surface area contributed by atoms with E-state index in [2.05, 4.69) is 26.3 Å².